The van der Waals surface area contributed by atoms with E-state index in [0.717, 1.165) is 48.7 Å². The standard InChI is InChI=1S/C21H23ClFN7/c22-18-6-3-15(12-26-18)17(11-24)29-7-9-30(10-8-29)21-19(20(25)27-13-28-21)14-1-4-16(23)5-2-14/h1-6,12-13,17H,7-11,24H2,(H2,25,27,28)/t17-/m1/s1. The molecule has 0 amide bonds. The third kappa shape index (κ3) is 4.21. The molecule has 4 N–H and O–H groups in total. The summed E-state index contributed by atoms with van der Waals surface area (Å²) in [5.74, 6) is 0.834. The van der Waals surface area contributed by atoms with Crippen LogP contribution in [0.5, 0.6) is 0 Å². The average Bonchev–Trinajstić information content (AvgIpc) is 2.77. The Morgan fingerprint density at radius 2 is 1.73 bits per heavy atom. The minimum atomic E-state index is -0.297. The van der Waals surface area contributed by atoms with Gasteiger partial charge < -0.3 is 16.4 Å². The summed E-state index contributed by atoms with van der Waals surface area (Å²) in [5.41, 5.74) is 14.8. The molecule has 156 valence electrons. The van der Waals surface area contributed by atoms with Crippen molar-refractivity contribution in [3.63, 3.8) is 0 Å². The predicted molar refractivity (Wildman–Crippen MR) is 117 cm³/mol. The van der Waals surface area contributed by atoms with Gasteiger partial charge in [0.2, 0.25) is 0 Å². The molecule has 0 aliphatic carbocycles. The molecule has 0 bridgehead atoms. The van der Waals surface area contributed by atoms with Crippen molar-refractivity contribution < 1.29 is 4.39 Å². The van der Waals surface area contributed by atoms with Crippen molar-refractivity contribution in [2.24, 2.45) is 5.73 Å². The van der Waals surface area contributed by atoms with Gasteiger partial charge in [-0.05, 0) is 29.3 Å². The van der Waals surface area contributed by atoms with Crippen molar-refractivity contribution in [1.82, 2.24) is 19.9 Å². The summed E-state index contributed by atoms with van der Waals surface area (Å²) >= 11 is 5.91. The van der Waals surface area contributed by atoms with Crippen molar-refractivity contribution in [3.8, 4) is 11.1 Å². The number of hydrogen-bond donors (Lipinski definition) is 2. The summed E-state index contributed by atoms with van der Waals surface area (Å²) in [5, 5.41) is 0.467. The topological polar surface area (TPSA) is 97.2 Å². The first-order valence-corrected chi connectivity index (χ1v) is 10.1. The summed E-state index contributed by atoms with van der Waals surface area (Å²) in [7, 11) is 0. The van der Waals surface area contributed by atoms with E-state index in [0.29, 0.717) is 17.5 Å². The van der Waals surface area contributed by atoms with E-state index in [4.69, 9.17) is 23.1 Å². The van der Waals surface area contributed by atoms with E-state index < -0.39 is 0 Å². The molecular weight excluding hydrogens is 405 g/mol. The van der Waals surface area contributed by atoms with Crippen molar-refractivity contribution in [1.29, 1.82) is 0 Å². The lowest BCUT2D eigenvalue weighted by Gasteiger charge is -2.40. The lowest BCUT2D eigenvalue weighted by Crippen LogP contribution is -2.49. The number of nitrogens with two attached hydrogens (primary N) is 2. The van der Waals surface area contributed by atoms with Gasteiger partial charge in [0.25, 0.3) is 0 Å². The minimum Gasteiger partial charge on any atom is -0.383 e. The van der Waals surface area contributed by atoms with Gasteiger partial charge in [0.05, 0.1) is 5.56 Å². The van der Waals surface area contributed by atoms with E-state index in [-0.39, 0.29) is 11.9 Å². The van der Waals surface area contributed by atoms with Crippen LogP contribution in [0.25, 0.3) is 11.1 Å². The number of nitrogens with zero attached hydrogens (tertiary/aromatic N) is 5. The Bertz CT molecular complexity index is 989. The molecule has 4 rings (SSSR count). The quantitative estimate of drug-likeness (QED) is 0.604. The predicted octanol–water partition coefficient (Wildman–Crippen LogP) is 2.74. The van der Waals surface area contributed by atoms with Crippen LogP contribution in [-0.2, 0) is 0 Å². The highest BCUT2D eigenvalue weighted by atomic mass is 35.5. The van der Waals surface area contributed by atoms with Crippen LogP contribution >= 0.6 is 11.6 Å². The zero-order chi connectivity index (χ0) is 21.1. The summed E-state index contributed by atoms with van der Waals surface area (Å²) in [6, 6.07) is 10.0. The van der Waals surface area contributed by atoms with Crippen molar-refractivity contribution in [2.45, 2.75) is 6.04 Å². The maximum Gasteiger partial charge on any atom is 0.142 e. The molecule has 2 aromatic heterocycles. The fourth-order valence-electron chi connectivity index (χ4n) is 3.85. The van der Waals surface area contributed by atoms with E-state index >= 15 is 0 Å². The zero-order valence-corrected chi connectivity index (χ0v) is 17.1. The SMILES string of the molecule is NC[C@H](c1ccc(Cl)nc1)N1CCN(c2ncnc(N)c2-c2ccc(F)cc2)CC1. The molecule has 0 spiro atoms. The number of benzene rings is 1. The maximum atomic E-state index is 13.4. The molecule has 3 heterocycles. The average molecular weight is 428 g/mol. The van der Waals surface area contributed by atoms with Gasteiger partial charge >= 0.3 is 0 Å². The normalized spacial score (nSPS) is 15.9. The molecule has 1 aliphatic heterocycles. The van der Waals surface area contributed by atoms with Crippen LogP contribution in [-0.4, -0.2) is 52.6 Å². The van der Waals surface area contributed by atoms with Gasteiger partial charge in [-0.25, -0.2) is 19.3 Å². The second-order valence-corrected chi connectivity index (χ2v) is 7.54. The van der Waals surface area contributed by atoms with Gasteiger partial charge in [-0.3, -0.25) is 4.90 Å². The molecule has 3 aromatic rings. The molecule has 1 atom stereocenters. The van der Waals surface area contributed by atoms with Crippen LogP contribution in [0.1, 0.15) is 11.6 Å². The van der Waals surface area contributed by atoms with E-state index in [2.05, 4.69) is 24.8 Å². The highest BCUT2D eigenvalue weighted by Crippen LogP contribution is 2.34. The number of halogens is 2. The molecule has 1 saturated heterocycles. The lowest BCUT2D eigenvalue weighted by molar-refractivity contribution is 0.189. The van der Waals surface area contributed by atoms with Crippen LogP contribution in [0.4, 0.5) is 16.0 Å². The molecule has 0 saturated carbocycles. The monoisotopic (exact) mass is 427 g/mol. The second-order valence-electron chi connectivity index (χ2n) is 7.15. The molecule has 0 unspecified atom stereocenters. The Kier molecular flexibility index (Phi) is 6.08. The summed E-state index contributed by atoms with van der Waals surface area (Å²) in [6.07, 6.45) is 3.25. The maximum absolute atomic E-state index is 13.4. The van der Waals surface area contributed by atoms with Gasteiger partial charge in [0.15, 0.2) is 0 Å². The first-order valence-electron chi connectivity index (χ1n) is 9.73. The molecule has 30 heavy (non-hydrogen) atoms. The smallest absolute Gasteiger partial charge is 0.142 e. The molecule has 9 heteroatoms. The first-order chi connectivity index (χ1) is 14.6. The van der Waals surface area contributed by atoms with E-state index in [9.17, 15) is 4.39 Å². The third-order valence-corrected chi connectivity index (χ3v) is 5.63. The minimum absolute atomic E-state index is 0.0731. The van der Waals surface area contributed by atoms with Crippen molar-refractivity contribution in [2.75, 3.05) is 43.4 Å². The summed E-state index contributed by atoms with van der Waals surface area (Å²) in [4.78, 5) is 17.3. The van der Waals surface area contributed by atoms with Crippen LogP contribution in [0.3, 0.4) is 0 Å². The Morgan fingerprint density at radius 3 is 2.37 bits per heavy atom. The van der Waals surface area contributed by atoms with E-state index in [1.807, 2.05) is 6.07 Å². The first kappa shape index (κ1) is 20.5. The molecule has 1 aromatic carbocycles. The summed E-state index contributed by atoms with van der Waals surface area (Å²) in [6.45, 7) is 3.60. The molecule has 7 nitrogen and oxygen atoms in total. The molecule has 1 fully saturated rings. The molecular formula is C21H23ClFN7. The van der Waals surface area contributed by atoms with Gasteiger partial charge in [0.1, 0.15) is 28.9 Å². The Labute approximate surface area is 179 Å². The van der Waals surface area contributed by atoms with Gasteiger partial charge in [-0.1, -0.05) is 29.8 Å². The zero-order valence-electron chi connectivity index (χ0n) is 16.4. The fraction of sp³-hybridized carbons (Fsp3) is 0.286. The number of pyridine rings is 1. The van der Waals surface area contributed by atoms with E-state index in [1.165, 1.54) is 18.5 Å². The number of piperazine rings is 1. The largest absolute Gasteiger partial charge is 0.383 e. The number of hydrogen-bond acceptors (Lipinski definition) is 7. The number of rotatable bonds is 5. The van der Waals surface area contributed by atoms with Crippen LogP contribution in [0, 0.1) is 5.82 Å². The van der Waals surface area contributed by atoms with Gasteiger partial charge in [-0.15, -0.1) is 0 Å². The highest BCUT2D eigenvalue weighted by molar-refractivity contribution is 6.29. The summed E-state index contributed by atoms with van der Waals surface area (Å²) < 4.78 is 13.4. The Hall–Kier alpha value is -2.81. The van der Waals surface area contributed by atoms with Crippen molar-refractivity contribution >= 4 is 23.2 Å². The lowest BCUT2D eigenvalue weighted by atomic mass is 10.0. The number of anilines is 2. The van der Waals surface area contributed by atoms with Crippen LogP contribution < -0.4 is 16.4 Å². The van der Waals surface area contributed by atoms with E-state index in [1.54, 1.807) is 24.4 Å². The second kappa shape index (κ2) is 8.91. The molecule has 0 radical (unpaired) electrons. The fourth-order valence-corrected chi connectivity index (χ4v) is 3.96. The Balaban J connectivity index is 1.54. The molecule has 1 aliphatic rings. The Morgan fingerprint density at radius 1 is 1.00 bits per heavy atom. The van der Waals surface area contributed by atoms with Gasteiger partial charge in [0, 0.05) is 45.0 Å². The van der Waals surface area contributed by atoms with Crippen LogP contribution in [0.2, 0.25) is 5.15 Å². The van der Waals surface area contributed by atoms with Crippen LogP contribution in [0.15, 0.2) is 48.9 Å². The number of nitrogen functional groups attached to an aromatic ring is 1. The third-order valence-electron chi connectivity index (χ3n) is 5.40. The van der Waals surface area contributed by atoms with Crippen molar-refractivity contribution in [3.05, 3.63) is 65.5 Å². The van der Waals surface area contributed by atoms with Gasteiger partial charge in [-0.2, -0.15) is 0 Å². The highest BCUT2D eigenvalue weighted by Gasteiger charge is 2.27. The number of aromatic nitrogens is 3.